The molecule has 0 saturated carbocycles. The number of anilines is 1. The van der Waals surface area contributed by atoms with E-state index in [1.807, 2.05) is 0 Å². The first-order chi connectivity index (χ1) is 13.8. The molecule has 0 saturated heterocycles. The SMILES string of the molecule is COc1ccc(C(=O)Nc2cn(Cc3ccc(C(F)(F)F)cc3)cn2)cc1OC. The van der Waals surface area contributed by atoms with Crippen LogP contribution in [0.5, 0.6) is 11.5 Å². The Labute approximate surface area is 164 Å². The minimum Gasteiger partial charge on any atom is -0.493 e. The van der Waals surface area contributed by atoms with Gasteiger partial charge in [0.05, 0.1) is 26.1 Å². The van der Waals surface area contributed by atoms with Crippen LogP contribution in [0.4, 0.5) is 19.0 Å². The average molecular weight is 405 g/mol. The molecule has 2 aromatic carbocycles. The maximum atomic E-state index is 12.6. The van der Waals surface area contributed by atoms with Gasteiger partial charge in [0.1, 0.15) is 0 Å². The van der Waals surface area contributed by atoms with E-state index < -0.39 is 11.7 Å². The number of hydrogen-bond donors (Lipinski definition) is 1. The van der Waals surface area contributed by atoms with Gasteiger partial charge < -0.3 is 19.4 Å². The fourth-order valence-corrected chi connectivity index (χ4v) is 2.69. The number of nitrogens with one attached hydrogen (secondary N) is 1. The number of benzene rings is 2. The summed E-state index contributed by atoms with van der Waals surface area (Å²) in [7, 11) is 2.98. The van der Waals surface area contributed by atoms with Crippen LogP contribution in [0.1, 0.15) is 21.5 Å². The third-order valence-electron chi connectivity index (χ3n) is 4.17. The molecule has 9 heteroatoms. The van der Waals surface area contributed by atoms with Crippen molar-refractivity contribution in [2.45, 2.75) is 12.7 Å². The zero-order valence-corrected chi connectivity index (χ0v) is 15.7. The highest BCUT2D eigenvalue weighted by Crippen LogP contribution is 2.29. The number of carbonyl (C=O) groups is 1. The Morgan fingerprint density at radius 1 is 1.07 bits per heavy atom. The van der Waals surface area contributed by atoms with Crippen molar-refractivity contribution in [2.75, 3.05) is 19.5 Å². The first kappa shape index (κ1) is 20.2. The van der Waals surface area contributed by atoms with Crippen LogP contribution in [-0.4, -0.2) is 29.7 Å². The van der Waals surface area contributed by atoms with Crippen molar-refractivity contribution in [1.29, 1.82) is 0 Å². The largest absolute Gasteiger partial charge is 0.493 e. The summed E-state index contributed by atoms with van der Waals surface area (Å²) in [5.41, 5.74) is 0.336. The Morgan fingerprint density at radius 2 is 1.76 bits per heavy atom. The first-order valence-electron chi connectivity index (χ1n) is 8.51. The van der Waals surface area contributed by atoms with Crippen LogP contribution in [-0.2, 0) is 12.7 Å². The predicted octanol–water partition coefficient (Wildman–Crippen LogP) is 4.22. The summed E-state index contributed by atoms with van der Waals surface area (Å²) in [5, 5.41) is 2.67. The summed E-state index contributed by atoms with van der Waals surface area (Å²) in [4.78, 5) is 16.5. The number of alkyl halides is 3. The fraction of sp³-hybridized carbons (Fsp3) is 0.200. The summed E-state index contributed by atoms with van der Waals surface area (Å²) in [6.45, 7) is 0.317. The molecule has 1 heterocycles. The van der Waals surface area contributed by atoms with Crippen molar-refractivity contribution < 1.29 is 27.4 Å². The Hall–Kier alpha value is -3.49. The van der Waals surface area contributed by atoms with Gasteiger partial charge in [-0.15, -0.1) is 0 Å². The minimum atomic E-state index is -4.37. The summed E-state index contributed by atoms with van der Waals surface area (Å²) in [6.07, 6.45) is -1.28. The van der Waals surface area contributed by atoms with Crippen LogP contribution >= 0.6 is 0 Å². The molecule has 0 fully saturated rings. The molecule has 0 atom stereocenters. The molecule has 1 amide bonds. The maximum absolute atomic E-state index is 12.6. The Kier molecular flexibility index (Phi) is 5.76. The van der Waals surface area contributed by atoms with Crippen molar-refractivity contribution in [1.82, 2.24) is 9.55 Å². The third kappa shape index (κ3) is 4.87. The fourth-order valence-electron chi connectivity index (χ4n) is 2.69. The van der Waals surface area contributed by atoms with Gasteiger partial charge in [-0.1, -0.05) is 12.1 Å². The van der Waals surface area contributed by atoms with Crippen molar-refractivity contribution >= 4 is 11.7 Å². The van der Waals surface area contributed by atoms with E-state index in [0.29, 0.717) is 35.0 Å². The summed E-state index contributed by atoms with van der Waals surface area (Å²) in [5.74, 6) is 0.861. The molecule has 1 aromatic heterocycles. The lowest BCUT2D eigenvalue weighted by atomic mass is 10.1. The van der Waals surface area contributed by atoms with Crippen LogP contribution < -0.4 is 14.8 Å². The molecular formula is C20H18F3N3O3. The van der Waals surface area contributed by atoms with Crippen molar-refractivity contribution in [3.8, 4) is 11.5 Å². The van der Waals surface area contributed by atoms with E-state index in [2.05, 4.69) is 10.3 Å². The second-order valence-electron chi connectivity index (χ2n) is 6.15. The van der Waals surface area contributed by atoms with Crippen molar-refractivity contribution in [2.24, 2.45) is 0 Å². The molecule has 1 N–H and O–H groups in total. The quantitative estimate of drug-likeness (QED) is 0.667. The number of nitrogens with zero attached hydrogens (tertiary/aromatic N) is 2. The maximum Gasteiger partial charge on any atom is 0.416 e. The van der Waals surface area contributed by atoms with E-state index in [4.69, 9.17) is 9.47 Å². The molecule has 29 heavy (non-hydrogen) atoms. The molecule has 0 bridgehead atoms. The van der Waals surface area contributed by atoms with Gasteiger partial charge in [0.15, 0.2) is 17.3 Å². The van der Waals surface area contributed by atoms with Gasteiger partial charge in [-0.2, -0.15) is 13.2 Å². The molecule has 3 aromatic rings. The molecule has 6 nitrogen and oxygen atoms in total. The molecule has 0 unspecified atom stereocenters. The number of hydrogen-bond acceptors (Lipinski definition) is 4. The van der Waals surface area contributed by atoms with Crippen LogP contribution in [0.25, 0.3) is 0 Å². The lowest BCUT2D eigenvalue weighted by molar-refractivity contribution is -0.137. The number of halogens is 3. The van der Waals surface area contributed by atoms with E-state index in [1.54, 1.807) is 29.0 Å². The highest BCUT2D eigenvalue weighted by molar-refractivity contribution is 6.04. The number of aromatic nitrogens is 2. The lowest BCUT2D eigenvalue weighted by Gasteiger charge is -2.09. The molecule has 152 valence electrons. The third-order valence-corrected chi connectivity index (χ3v) is 4.17. The summed E-state index contributed by atoms with van der Waals surface area (Å²) in [6, 6.07) is 9.65. The Bertz CT molecular complexity index is 998. The van der Waals surface area contributed by atoms with E-state index in [9.17, 15) is 18.0 Å². The normalized spacial score (nSPS) is 11.2. The van der Waals surface area contributed by atoms with E-state index >= 15 is 0 Å². The minimum absolute atomic E-state index is 0.316. The van der Waals surface area contributed by atoms with Crippen LogP contribution in [0.3, 0.4) is 0 Å². The molecule has 0 radical (unpaired) electrons. The second kappa shape index (κ2) is 8.26. The van der Waals surface area contributed by atoms with Crippen molar-refractivity contribution in [3.05, 3.63) is 71.7 Å². The Morgan fingerprint density at radius 3 is 2.38 bits per heavy atom. The molecule has 0 aliphatic carbocycles. The molecule has 0 spiro atoms. The topological polar surface area (TPSA) is 65.4 Å². The van der Waals surface area contributed by atoms with Gasteiger partial charge in [0.25, 0.3) is 5.91 Å². The molecule has 0 aliphatic heterocycles. The Balaban J connectivity index is 1.66. The van der Waals surface area contributed by atoms with Crippen LogP contribution in [0.15, 0.2) is 55.0 Å². The highest BCUT2D eigenvalue weighted by Gasteiger charge is 2.29. The van der Waals surface area contributed by atoms with Gasteiger partial charge >= 0.3 is 6.18 Å². The number of rotatable bonds is 6. The zero-order valence-electron chi connectivity index (χ0n) is 15.7. The van der Waals surface area contributed by atoms with Gasteiger partial charge in [0.2, 0.25) is 0 Å². The van der Waals surface area contributed by atoms with Gasteiger partial charge in [-0.05, 0) is 35.9 Å². The molecule has 0 aliphatic rings. The highest BCUT2D eigenvalue weighted by atomic mass is 19.4. The van der Waals surface area contributed by atoms with E-state index in [0.717, 1.165) is 12.1 Å². The zero-order chi connectivity index (χ0) is 21.0. The monoisotopic (exact) mass is 405 g/mol. The summed E-state index contributed by atoms with van der Waals surface area (Å²) >= 11 is 0. The van der Waals surface area contributed by atoms with Gasteiger partial charge in [-0.25, -0.2) is 4.98 Å². The number of imidazole rings is 1. The van der Waals surface area contributed by atoms with E-state index in [-0.39, 0.29) is 5.91 Å². The van der Waals surface area contributed by atoms with Crippen LogP contribution in [0.2, 0.25) is 0 Å². The predicted molar refractivity (Wildman–Crippen MR) is 100 cm³/mol. The van der Waals surface area contributed by atoms with Crippen LogP contribution in [0, 0.1) is 0 Å². The molecular weight excluding hydrogens is 387 g/mol. The molecule has 3 rings (SSSR count). The number of amides is 1. The second-order valence-corrected chi connectivity index (χ2v) is 6.15. The smallest absolute Gasteiger partial charge is 0.416 e. The number of carbonyl (C=O) groups excluding carboxylic acids is 1. The standard InChI is InChI=1S/C20H18F3N3O3/c1-28-16-8-5-14(9-17(16)29-2)19(27)25-18-11-26(12-24-18)10-13-3-6-15(7-4-13)20(21,22)23/h3-9,11-12H,10H2,1-2H3,(H,25,27). The average Bonchev–Trinajstić information content (AvgIpc) is 3.13. The number of ether oxygens (including phenoxy) is 2. The lowest BCUT2D eigenvalue weighted by Crippen LogP contribution is -2.12. The first-order valence-corrected chi connectivity index (χ1v) is 8.51. The number of methoxy groups -OCH3 is 2. The van der Waals surface area contributed by atoms with E-state index in [1.165, 1.54) is 32.7 Å². The van der Waals surface area contributed by atoms with Gasteiger partial charge in [0, 0.05) is 18.3 Å². The van der Waals surface area contributed by atoms with Gasteiger partial charge in [-0.3, -0.25) is 4.79 Å². The van der Waals surface area contributed by atoms with Crippen molar-refractivity contribution in [3.63, 3.8) is 0 Å². The summed E-state index contributed by atoms with van der Waals surface area (Å²) < 4.78 is 49.9.